The highest BCUT2D eigenvalue weighted by Crippen LogP contribution is 2.26. The number of carbonyl (C=O) groups excluding carboxylic acids is 1. The van der Waals surface area contributed by atoms with Gasteiger partial charge in [0.2, 0.25) is 5.43 Å². The maximum absolute atomic E-state index is 15.0. The fraction of sp³-hybridized carbons (Fsp3) is 0.292. The molecule has 1 aliphatic heterocycles. The molecular weight excluding hydrogens is 474 g/mol. The number of carbonyl (C=O) groups is 2. The van der Waals surface area contributed by atoms with E-state index in [2.05, 4.69) is 14.5 Å². The zero-order chi connectivity index (χ0) is 25.1. The Kier molecular flexibility index (Phi) is 7.21. The van der Waals surface area contributed by atoms with E-state index >= 15 is 4.39 Å². The van der Waals surface area contributed by atoms with Crippen LogP contribution in [0.3, 0.4) is 0 Å². The molecule has 9 nitrogen and oxygen atoms in total. The minimum absolute atomic E-state index is 0.0247. The van der Waals surface area contributed by atoms with Crippen molar-refractivity contribution in [1.29, 1.82) is 0 Å². The highest BCUT2D eigenvalue weighted by molar-refractivity contribution is 7.18. The third-order valence-electron chi connectivity index (χ3n) is 6.08. The van der Waals surface area contributed by atoms with Gasteiger partial charge in [0.05, 0.1) is 11.2 Å². The van der Waals surface area contributed by atoms with Crippen molar-refractivity contribution in [2.45, 2.75) is 20.1 Å². The zero-order valence-electron chi connectivity index (χ0n) is 19.2. The van der Waals surface area contributed by atoms with Crippen molar-refractivity contribution in [3.8, 4) is 0 Å². The molecule has 184 valence electrons. The first-order valence-corrected chi connectivity index (χ1v) is 11.7. The number of rotatable bonds is 6. The number of amides is 1. The number of nitrogens with zero attached hydrogens (tertiary/aromatic N) is 3. The Morgan fingerprint density at radius 2 is 1.83 bits per heavy atom. The van der Waals surface area contributed by atoms with Gasteiger partial charge in [-0.2, -0.15) is 0 Å². The summed E-state index contributed by atoms with van der Waals surface area (Å²) in [5, 5.41) is 12.3. The molecule has 1 aliphatic rings. The molecule has 3 aromatic rings. The summed E-state index contributed by atoms with van der Waals surface area (Å²) in [6, 6.07) is 10.2. The van der Waals surface area contributed by atoms with Crippen molar-refractivity contribution in [3.05, 3.63) is 69.8 Å². The minimum atomic E-state index is -1.35. The summed E-state index contributed by atoms with van der Waals surface area (Å²) < 4.78 is 22.1. The van der Waals surface area contributed by atoms with Crippen molar-refractivity contribution in [1.82, 2.24) is 9.47 Å². The molecule has 0 bridgehead atoms. The van der Waals surface area contributed by atoms with Gasteiger partial charge in [0.1, 0.15) is 18.0 Å². The van der Waals surface area contributed by atoms with Crippen LogP contribution in [0.15, 0.2) is 47.4 Å². The summed E-state index contributed by atoms with van der Waals surface area (Å²) in [7, 11) is 2.41. The Labute approximate surface area is 203 Å². The van der Waals surface area contributed by atoms with Gasteiger partial charge < -0.3 is 29.3 Å². The fourth-order valence-corrected chi connectivity index (χ4v) is 4.31. The summed E-state index contributed by atoms with van der Waals surface area (Å²) in [5.74, 6) is -1.96. The molecule has 1 unspecified atom stereocenters. The van der Waals surface area contributed by atoms with Gasteiger partial charge in [0.15, 0.2) is 0 Å². The number of anilines is 2. The first-order chi connectivity index (χ1) is 16.8. The van der Waals surface area contributed by atoms with Gasteiger partial charge in [-0.15, -0.1) is 0 Å². The van der Waals surface area contributed by atoms with Crippen LogP contribution in [0, 0.1) is 5.82 Å². The summed E-state index contributed by atoms with van der Waals surface area (Å²) in [4.78, 5) is 39.8. The van der Waals surface area contributed by atoms with Gasteiger partial charge in [0, 0.05) is 50.0 Å². The van der Waals surface area contributed by atoms with E-state index in [-0.39, 0.29) is 12.0 Å². The van der Waals surface area contributed by atoms with Gasteiger partial charge >= 0.3 is 12.1 Å². The molecular formula is C24H26FN4O5P. The number of piperazine rings is 1. The maximum Gasteiger partial charge on any atom is 0.410 e. The largest absolute Gasteiger partial charge is 0.477 e. The smallest absolute Gasteiger partial charge is 0.410 e. The number of hydrogen-bond acceptors (Lipinski definition) is 6. The van der Waals surface area contributed by atoms with Crippen LogP contribution in [-0.2, 0) is 17.9 Å². The normalized spacial score (nSPS) is 13.7. The summed E-state index contributed by atoms with van der Waals surface area (Å²) >= 11 is 0. The lowest BCUT2D eigenvalue weighted by Gasteiger charge is -2.35. The molecule has 2 N–H and O–H groups in total. The van der Waals surface area contributed by atoms with Gasteiger partial charge in [0.25, 0.3) is 0 Å². The summed E-state index contributed by atoms with van der Waals surface area (Å²) in [6.45, 7) is 3.86. The number of carboxylic acid groups (broad SMARTS) is 1. The van der Waals surface area contributed by atoms with Gasteiger partial charge in [-0.05, 0) is 46.1 Å². The number of carboxylic acids is 1. The molecule has 4 rings (SSSR count). The number of pyridine rings is 1. The summed E-state index contributed by atoms with van der Waals surface area (Å²) in [6.07, 6.45) is 0.853. The molecule has 1 fully saturated rings. The highest BCUT2D eigenvalue weighted by Gasteiger charge is 2.25. The number of aromatic carboxylic acids is 1. The fourth-order valence-electron chi connectivity index (χ4n) is 4.12. The van der Waals surface area contributed by atoms with E-state index in [4.69, 9.17) is 4.74 Å². The van der Waals surface area contributed by atoms with E-state index in [0.29, 0.717) is 43.9 Å². The molecule has 2 heterocycles. The van der Waals surface area contributed by atoms with Crippen molar-refractivity contribution >= 4 is 43.7 Å². The maximum atomic E-state index is 15.0. The first kappa shape index (κ1) is 24.5. The van der Waals surface area contributed by atoms with E-state index < -0.39 is 28.9 Å². The zero-order valence-corrected chi connectivity index (χ0v) is 20.3. The number of aryl methyl sites for hydroxylation is 1. The standard InChI is InChI=1S/C24H26FN4O5P/c1-2-27-13-18(23(31)32)22(30)17-11-19(25)21(12-20(17)27)28-7-9-29(10-8-28)24(33)34-14-15-3-5-16(26-35)6-4-15/h3-6,11-13,26H,2,7-10,14,35H2,1H3,(H,31,32). The Morgan fingerprint density at radius 3 is 2.43 bits per heavy atom. The van der Waals surface area contributed by atoms with Crippen molar-refractivity contribution in [3.63, 3.8) is 0 Å². The van der Waals surface area contributed by atoms with Crippen LogP contribution in [0.25, 0.3) is 10.9 Å². The number of ether oxygens (including phenoxy) is 1. The monoisotopic (exact) mass is 500 g/mol. The molecule has 1 saturated heterocycles. The molecule has 1 atom stereocenters. The molecule has 1 aromatic heterocycles. The third kappa shape index (κ3) is 5.07. The number of hydrogen-bond donors (Lipinski definition) is 2. The summed E-state index contributed by atoms with van der Waals surface area (Å²) in [5.41, 5.74) is 1.46. The number of fused-ring (bicyclic) bond motifs is 1. The lowest BCUT2D eigenvalue weighted by atomic mass is 10.1. The predicted molar refractivity (Wildman–Crippen MR) is 135 cm³/mol. The second-order valence-corrected chi connectivity index (χ2v) is 8.44. The lowest BCUT2D eigenvalue weighted by Crippen LogP contribution is -2.49. The lowest BCUT2D eigenvalue weighted by molar-refractivity contribution is 0.0694. The number of halogens is 1. The number of aromatic nitrogens is 1. The van der Waals surface area contributed by atoms with Crippen LogP contribution >= 0.6 is 9.39 Å². The Morgan fingerprint density at radius 1 is 1.14 bits per heavy atom. The Balaban J connectivity index is 1.46. The van der Waals surface area contributed by atoms with E-state index in [0.717, 1.165) is 17.3 Å². The average molecular weight is 500 g/mol. The predicted octanol–water partition coefficient (Wildman–Crippen LogP) is 3.52. The van der Waals surface area contributed by atoms with Crippen molar-refractivity contribution < 1.29 is 23.8 Å². The van der Waals surface area contributed by atoms with Gasteiger partial charge in [-0.3, -0.25) is 4.79 Å². The number of benzene rings is 2. The van der Waals surface area contributed by atoms with Crippen LogP contribution < -0.4 is 15.4 Å². The Hall–Kier alpha value is -3.65. The van der Waals surface area contributed by atoms with E-state index in [1.807, 2.05) is 36.1 Å². The minimum Gasteiger partial charge on any atom is -0.477 e. The molecule has 35 heavy (non-hydrogen) atoms. The molecule has 2 aromatic carbocycles. The van der Waals surface area contributed by atoms with Crippen molar-refractivity contribution in [2.24, 2.45) is 0 Å². The Bertz CT molecular complexity index is 1320. The second-order valence-electron chi connectivity index (χ2n) is 8.15. The number of nitrogens with one attached hydrogen (secondary N) is 1. The van der Waals surface area contributed by atoms with Crippen LogP contribution in [0.4, 0.5) is 20.6 Å². The average Bonchev–Trinajstić information content (AvgIpc) is 2.87. The second kappa shape index (κ2) is 10.3. The van der Waals surface area contributed by atoms with E-state index in [9.17, 15) is 19.5 Å². The van der Waals surface area contributed by atoms with Crippen molar-refractivity contribution in [2.75, 3.05) is 36.2 Å². The molecule has 1 amide bonds. The first-order valence-electron chi connectivity index (χ1n) is 11.1. The molecule has 0 spiro atoms. The topological polar surface area (TPSA) is 104 Å². The molecule has 0 saturated carbocycles. The molecule has 0 aliphatic carbocycles. The third-order valence-corrected chi connectivity index (χ3v) is 6.41. The van der Waals surface area contributed by atoms with E-state index in [1.54, 1.807) is 15.5 Å². The van der Waals surface area contributed by atoms with Crippen LogP contribution in [0.5, 0.6) is 0 Å². The van der Waals surface area contributed by atoms with Gasteiger partial charge in [-0.25, -0.2) is 14.0 Å². The molecule has 0 radical (unpaired) electrons. The highest BCUT2D eigenvalue weighted by atomic mass is 31.0. The quantitative estimate of drug-likeness (QED) is 0.499. The van der Waals surface area contributed by atoms with Gasteiger partial charge in [-0.1, -0.05) is 12.1 Å². The van der Waals surface area contributed by atoms with Crippen LogP contribution in [0.1, 0.15) is 22.8 Å². The van der Waals surface area contributed by atoms with Crippen LogP contribution in [0.2, 0.25) is 0 Å². The SMILES string of the molecule is CCn1cc(C(=O)O)c(=O)c2cc(F)c(N3CCN(C(=O)OCc4ccc(NP)cc4)CC3)cc21. The van der Waals surface area contributed by atoms with Crippen LogP contribution in [-0.4, -0.2) is 52.8 Å². The molecule has 11 heteroatoms. The van der Waals surface area contributed by atoms with E-state index in [1.165, 1.54) is 6.20 Å².